The smallest absolute Gasteiger partial charge is 0.352 e. The third-order valence-corrected chi connectivity index (χ3v) is 3.65. The Hall–Kier alpha value is -2.82. The summed E-state index contributed by atoms with van der Waals surface area (Å²) in [5.74, 6) is -0.757. The Bertz CT molecular complexity index is 766. The summed E-state index contributed by atoms with van der Waals surface area (Å²) in [6.07, 6.45) is -1.38. The van der Waals surface area contributed by atoms with Gasteiger partial charge in [0.2, 0.25) is 0 Å². The zero-order chi connectivity index (χ0) is 16.4. The van der Waals surface area contributed by atoms with Crippen LogP contribution in [0.2, 0.25) is 0 Å². The van der Waals surface area contributed by atoms with Gasteiger partial charge in [-0.15, -0.1) is 0 Å². The summed E-state index contributed by atoms with van der Waals surface area (Å²) in [5, 5.41) is 9.00. The molecule has 0 radical (unpaired) electrons. The van der Waals surface area contributed by atoms with E-state index in [1.54, 1.807) is 18.2 Å². The largest absolute Gasteiger partial charge is 0.489 e. The Balaban J connectivity index is 1.75. The number of carboxylic acids is 1. The summed E-state index contributed by atoms with van der Waals surface area (Å²) in [4.78, 5) is 22.7. The van der Waals surface area contributed by atoms with Crippen molar-refractivity contribution in [1.82, 2.24) is 0 Å². The predicted molar refractivity (Wildman–Crippen MR) is 82.7 cm³/mol. The van der Waals surface area contributed by atoms with Crippen LogP contribution in [0.25, 0.3) is 0 Å². The minimum atomic E-state index is -1.44. The first-order valence-corrected chi connectivity index (χ1v) is 7.26. The summed E-state index contributed by atoms with van der Waals surface area (Å²) < 4.78 is 11.0. The Labute approximate surface area is 133 Å². The van der Waals surface area contributed by atoms with Crippen LogP contribution in [0.15, 0.2) is 42.5 Å². The van der Waals surface area contributed by atoms with Crippen LogP contribution in [0.5, 0.6) is 11.5 Å². The molecule has 0 bridgehead atoms. The van der Waals surface area contributed by atoms with Crippen molar-refractivity contribution in [2.45, 2.75) is 26.1 Å². The van der Waals surface area contributed by atoms with Crippen LogP contribution >= 0.6 is 0 Å². The molecule has 0 saturated heterocycles. The first-order chi connectivity index (χ1) is 11.0. The molecule has 1 unspecified atom stereocenters. The van der Waals surface area contributed by atoms with Crippen LogP contribution in [0, 0.1) is 6.92 Å². The number of ether oxygens (including phenoxy) is 2. The summed E-state index contributed by atoms with van der Waals surface area (Å²) in [6.45, 7) is 2.42. The predicted octanol–water partition coefficient (Wildman–Crippen LogP) is 2.53. The number of ketones is 1. The van der Waals surface area contributed by atoms with Gasteiger partial charge in [-0.25, -0.2) is 4.79 Å². The maximum Gasteiger partial charge on any atom is 0.352 e. The number of carbonyl (C=O) groups is 2. The number of Topliss-reactive ketones (excluding diaryl/α,β-unsaturated/α-hetero) is 1. The standard InChI is InChI=1S/C18H16O5/c1-11-3-2-4-12(7-11)10-22-14-6-5-13-8-15(19)17(18(20)21)23-16(13)9-14/h2-7,9,17H,8,10H2,1H3,(H,20,21). The van der Waals surface area contributed by atoms with Gasteiger partial charge in [0.05, 0.1) is 0 Å². The first kappa shape index (κ1) is 15.1. The summed E-state index contributed by atoms with van der Waals surface area (Å²) in [6, 6.07) is 13.1. The quantitative estimate of drug-likeness (QED) is 0.878. The zero-order valence-electron chi connectivity index (χ0n) is 12.6. The van der Waals surface area contributed by atoms with Gasteiger partial charge in [0, 0.05) is 18.1 Å². The monoisotopic (exact) mass is 312 g/mol. The van der Waals surface area contributed by atoms with Gasteiger partial charge >= 0.3 is 5.97 Å². The third kappa shape index (κ3) is 3.34. The highest BCUT2D eigenvalue weighted by Gasteiger charge is 2.33. The number of rotatable bonds is 4. The number of hydrogen-bond acceptors (Lipinski definition) is 4. The summed E-state index contributed by atoms with van der Waals surface area (Å²) >= 11 is 0. The molecule has 1 heterocycles. The number of benzene rings is 2. The molecule has 0 spiro atoms. The lowest BCUT2D eigenvalue weighted by molar-refractivity contribution is -0.150. The average molecular weight is 312 g/mol. The van der Waals surface area contributed by atoms with Crippen LogP contribution in [-0.4, -0.2) is 23.0 Å². The molecule has 1 N–H and O–H groups in total. The van der Waals surface area contributed by atoms with Gasteiger partial charge in [0.15, 0.2) is 5.78 Å². The molecular weight excluding hydrogens is 296 g/mol. The van der Waals surface area contributed by atoms with E-state index in [0.717, 1.165) is 11.1 Å². The van der Waals surface area contributed by atoms with E-state index in [9.17, 15) is 9.59 Å². The fraction of sp³-hybridized carbons (Fsp3) is 0.222. The first-order valence-electron chi connectivity index (χ1n) is 7.26. The lowest BCUT2D eigenvalue weighted by Crippen LogP contribution is -2.39. The molecule has 1 atom stereocenters. The van der Waals surface area contributed by atoms with Crippen LogP contribution in [0.1, 0.15) is 16.7 Å². The Morgan fingerprint density at radius 3 is 2.87 bits per heavy atom. The highest BCUT2D eigenvalue weighted by atomic mass is 16.5. The minimum Gasteiger partial charge on any atom is -0.489 e. The Morgan fingerprint density at radius 2 is 2.13 bits per heavy atom. The van der Waals surface area contributed by atoms with Crippen molar-refractivity contribution >= 4 is 11.8 Å². The molecule has 2 aromatic rings. The number of fused-ring (bicyclic) bond motifs is 1. The average Bonchev–Trinajstić information content (AvgIpc) is 2.52. The van der Waals surface area contributed by atoms with E-state index in [4.69, 9.17) is 14.6 Å². The molecule has 5 nitrogen and oxygen atoms in total. The van der Waals surface area contributed by atoms with Crippen molar-refractivity contribution in [1.29, 1.82) is 0 Å². The maximum absolute atomic E-state index is 11.7. The number of carboxylic acid groups (broad SMARTS) is 1. The molecule has 0 amide bonds. The molecule has 0 fully saturated rings. The molecule has 23 heavy (non-hydrogen) atoms. The van der Waals surface area contributed by atoms with Gasteiger partial charge < -0.3 is 14.6 Å². The fourth-order valence-corrected chi connectivity index (χ4v) is 2.51. The lowest BCUT2D eigenvalue weighted by Gasteiger charge is -2.22. The van der Waals surface area contributed by atoms with E-state index in [2.05, 4.69) is 0 Å². The SMILES string of the molecule is Cc1cccc(COc2ccc3c(c2)OC(C(=O)O)C(=O)C3)c1. The van der Waals surface area contributed by atoms with E-state index in [1.807, 2.05) is 31.2 Å². The van der Waals surface area contributed by atoms with Gasteiger partial charge in [-0.2, -0.15) is 0 Å². The lowest BCUT2D eigenvalue weighted by atomic mass is 10.0. The molecule has 0 aliphatic carbocycles. The van der Waals surface area contributed by atoms with E-state index >= 15 is 0 Å². The second-order valence-electron chi connectivity index (χ2n) is 5.53. The summed E-state index contributed by atoms with van der Waals surface area (Å²) in [7, 11) is 0. The minimum absolute atomic E-state index is 0.0600. The number of carbonyl (C=O) groups excluding carboxylic acids is 1. The van der Waals surface area contributed by atoms with Crippen molar-refractivity contribution in [2.75, 3.05) is 0 Å². The Kier molecular flexibility index (Phi) is 4.02. The van der Waals surface area contributed by atoms with Crippen LogP contribution in [-0.2, 0) is 22.6 Å². The highest BCUT2D eigenvalue weighted by molar-refractivity contribution is 6.03. The van der Waals surface area contributed by atoms with Crippen LogP contribution in [0.3, 0.4) is 0 Å². The molecule has 1 aliphatic heterocycles. The van der Waals surface area contributed by atoms with Gasteiger partial charge in [0.1, 0.15) is 18.1 Å². The zero-order valence-corrected chi connectivity index (χ0v) is 12.6. The molecule has 3 rings (SSSR count). The van der Waals surface area contributed by atoms with Gasteiger partial charge in [-0.1, -0.05) is 35.9 Å². The topological polar surface area (TPSA) is 72.8 Å². The summed E-state index contributed by atoms with van der Waals surface area (Å²) in [5.41, 5.74) is 2.88. The molecule has 0 saturated carbocycles. The maximum atomic E-state index is 11.7. The van der Waals surface area contributed by atoms with Crippen molar-refractivity contribution in [3.05, 3.63) is 59.2 Å². The van der Waals surface area contributed by atoms with Crippen molar-refractivity contribution < 1.29 is 24.2 Å². The molecular formula is C18H16O5. The highest BCUT2D eigenvalue weighted by Crippen LogP contribution is 2.30. The number of hydrogen-bond donors (Lipinski definition) is 1. The van der Waals surface area contributed by atoms with Gasteiger partial charge in [-0.05, 0) is 18.6 Å². The molecule has 5 heteroatoms. The van der Waals surface area contributed by atoms with E-state index in [1.165, 1.54) is 0 Å². The molecule has 1 aliphatic rings. The van der Waals surface area contributed by atoms with Crippen molar-refractivity contribution in [2.24, 2.45) is 0 Å². The van der Waals surface area contributed by atoms with E-state index in [0.29, 0.717) is 23.7 Å². The second-order valence-corrected chi connectivity index (χ2v) is 5.53. The van der Waals surface area contributed by atoms with Crippen molar-refractivity contribution in [3.63, 3.8) is 0 Å². The molecule has 0 aromatic heterocycles. The number of aryl methyl sites for hydroxylation is 1. The van der Waals surface area contributed by atoms with E-state index < -0.39 is 17.9 Å². The number of aliphatic carboxylic acids is 1. The van der Waals surface area contributed by atoms with Gasteiger partial charge in [0.25, 0.3) is 6.10 Å². The Morgan fingerprint density at radius 1 is 1.30 bits per heavy atom. The third-order valence-electron chi connectivity index (χ3n) is 3.65. The van der Waals surface area contributed by atoms with Gasteiger partial charge in [-0.3, -0.25) is 4.79 Å². The molecule has 2 aromatic carbocycles. The van der Waals surface area contributed by atoms with Crippen molar-refractivity contribution in [3.8, 4) is 11.5 Å². The van der Waals surface area contributed by atoms with E-state index in [-0.39, 0.29) is 6.42 Å². The molecule has 118 valence electrons. The van der Waals surface area contributed by atoms with Crippen LogP contribution < -0.4 is 9.47 Å². The second kappa shape index (κ2) is 6.12. The fourth-order valence-electron chi connectivity index (χ4n) is 2.51. The normalized spacial score (nSPS) is 16.4. The van der Waals surface area contributed by atoms with Crippen LogP contribution in [0.4, 0.5) is 0 Å².